The number of hydrogen-bond acceptors (Lipinski definition) is 2. The Morgan fingerprint density at radius 2 is 2.10 bits per heavy atom. The van der Waals surface area contributed by atoms with E-state index in [0.29, 0.717) is 0 Å². The maximum atomic E-state index is 10.0. The van der Waals surface area contributed by atoms with Gasteiger partial charge in [-0.15, -0.1) is 11.3 Å². The van der Waals surface area contributed by atoms with Crippen LogP contribution in [0.25, 0.3) is 0 Å². The van der Waals surface area contributed by atoms with Crippen molar-refractivity contribution >= 4 is 42.0 Å². The van der Waals surface area contributed by atoms with Gasteiger partial charge >= 0.3 is 29.6 Å². The number of rotatable bonds is 1. The van der Waals surface area contributed by atoms with Gasteiger partial charge in [-0.1, -0.05) is 8.41 Å². The first-order valence-electron chi connectivity index (χ1n) is 2.03. The molecule has 0 bridgehead atoms. The van der Waals surface area contributed by atoms with E-state index in [1.54, 1.807) is 6.07 Å². The van der Waals surface area contributed by atoms with Gasteiger partial charge in [-0.05, 0) is 28.1 Å². The molecule has 1 rings (SSSR count). The molecule has 0 spiro atoms. The second-order valence-electron chi connectivity index (χ2n) is 1.26. The molecule has 10 heavy (non-hydrogen) atoms. The van der Waals surface area contributed by atoms with E-state index in [4.69, 9.17) is 0 Å². The van der Waals surface area contributed by atoms with Crippen molar-refractivity contribution in [3.8, 4) is 0 Å². The van der Waals surface area contributed by atoms with Gasteiger partial charge in [-0.2, -0.15) is 0 Å². The third-order valence-electron chi connectivity index (χ3n) is 0.710. The summed E-state index contributed by atoms with van der Waals surface area (Å²) in [5.74, 6) is 0. The van der Waals surface area contributed by atoms with E-state index in [2.05, 4.69) is 15.9 Å². The number of carbonyl (C=O) groups is 1. The van der Waals surface area contributed by atoms with Crippen LogP contribution in [0, 0.1) is 0 Å². The SMILES string of the molecule is O=Cc1ccc(Br)s1.[BH4-].[Na+]. The van der Waals surface area contributed by atoms with Crippen LogP contribution in [0.3, 0.4) is 0 Å². The zero-order valence-electron chi connectivity index (χ0n) is 4.93. The standard InChI is InChI=1S/C5H3BrOS.BH4.Na/c6-5-2-1-4(3-7)8-5;;/h1-3H;1H4;/q;-1;+1. The molecule has 0 amide bonds. The van der Waals surface area contributed by atoms with E-state index in [1.165, 1.54) is 11.3 Å². The van der Waals surface area contributed by atoms with Gasteiger partial charge in [-0.3, -0.25) is 4.79 Å². The molecule has 0 radical (unpaired) electrons. The van der Waals surface area contributed by atoms with Gasteiger partial charge in [0.1, 0.15) is 0 Å². The van der Waals surface area contributed by atoms with E-state index in [9.17, 15) is 4.79 Å². The summed E-state index contributed by atoms with van der Waals surface area (Å²) in [4.78, 5) is 10.8. The van der Waals surface area contributed by atoms with Crippen LogP contribution >= 0.6 is 27.3 Å². The van der Waals surface area contributed by atoms with Gasteiger partial charge in [0.05, 0.1) is 8.66 Å². The number of thiophene rings is 1. The molecule has 1 aromatic heterocycles. The Morgan fingerprint density at radius 3 is 2.30 bits per heavy atom. The largest absolute Gasteiger partial charge is 1.00 e. The fraction of sp³-hybridized carbons (Fsp3) is 0. The third kappa shape index (κ3) is 3.93. The van der Waals surface area contributed by atoms with E-state index >= 15 is 0 Å². The van der Waals surface area contributed by atoms with Crippen molar-refractivity contribution < 1.29 is 34.4 Å². The molecule has 0 aromatic carbocycles. The molecule has 5 heteroatoms. The van der Waals surface area contributed by atoms with Gasteiger partial charge in [0.25, 0.3) is 0 Å². The fourth-order valence-corrected chi connectivity index (χ4v) is 1.63. The number of halogens is 1. The van der Waals surface area contributed by atoms with Crippen LogP contribution in [0.5, 0.6) is 0 Å². The first kappa shape index (κ1) is 13.5. The molecule has 0 aliphatic heterocycles. The Balaban J connectivity index is 0. The van der Waals surface area contributed by atoms with Crippen molar-refractivity contribution in [1.29, 1.82) is 0 Å². The second kappa shape index (κ2) is 6.61. The molecule has 1 heterocycles. The Morgan fingerprint density at radius 1 is 1.50 bits per heavy atom. The van der Waals surface area contributed by atoms with Crippen molar-refractivity contribution in [2.75, 3.05) is 0 Å². The molecule has 1 aromatic rings. The quantitative estimate of drug-likeness (QED) is 0.397. The monoisotopic (exact) mass is 228 g/mol. The molecule has 0 saturated carbocycles. The van der Waals surface area contributed by atoms with Gasteiger partial charge < -0.3 is 0 Å². The Kier molecular flexibility index (Phi) is 8.93. The smallest absolute Gasteiger partial charge is 0.297 e. The first-order chi connectivity index (χ1) is 3.83. The molecule has 0 saturated heterocycles. The Hall–Kier alpha value is 0.915. The molecule has 0 aliphatic carbocycles. The van der Waals surface area contributed by atoms with E-state index < -0.39 is 0 Å². The topological polar surface area (TPSA) is 17.1 Å². The Bertz CT molecular complexity index is 203. The molecule has 0 N–H and O–H groups in total. The summed E-state index contributed by atoms with van der Waals surface area (Å²) in [5, 5.41) is 0. The van der Waals surface area contributed by atoms with Crippen molar-refractivity contribution in [1.82, 2.24) is 0 Å². The minimum absolute atomic E-state index is 0. The molecule has 0 aliphatic rings. The Labute approximate surface area is 96.2 Å². The predicted octanol–water partition coefficient (Wildman–Crippen LogP) is -2.12. The zero-order valence-corrected chi connectivity index (χ0v) is 9.33. The number of carbonyl (C=O) groups excluding carboxylic acids is 1. The van der Waals surface area contributed by atoms with Gasteiger partial charge in [0.15, 0.2) is 6.29 Å². The maximum absolute atomic E-state index is 10.0. The summed E-state index contributed by atoms with van der Waals surface area (Å²) in [5.41, 5.74) is 0. The molecule has 50 valence electrons. The van der Waals surface area contributed by atoms with Crippen LogP contribution in [-0.4, -0.2) is 14.7 Å². The van der Waals surface area contributed by atoms with Crippen LogP contribution in [0.2, 0.25) is 0 Å². The average molecular weight is 229 g/mol. The molecule has 0 unspecified atom stereocenters. The first-order valence-corrected chi connectivity index (χ1v) is 3.64. The summed E-state index contributed by atoms with van der Waals surface area (Å²) >= 11 is 4.67. The number of aldehydes is 1. The minimum atomic E-state index is 0. The second-order valence-corrected chi connectivity index (χ2v) is 3.75. The summed E-state index contributed by atoms with van der Waals surface area (Å²) in [6, 6.07) is 3.64. The van der Waals surface area contributed by atoms with Crippen molar-refractivity contribution in [3.63, 3.8) is 0 Å². The minimum Gasteiger partial charge on any atom is -0.297 e. The van der Waals surface area contributed by atoms with E-state index in [1.807, 2.05) is 6.07 Å². The van der Waals surface area contributed by atoms with Crippen LogP contribution in [0.1, 0.15) is 9.67 Å². The van der Waals surface area contributed by atoms with Crippen molar-refractivity contribution in [2.45, 2.75) is 0 Å². The molecular formula is C5H7BBrNaOS. The van der Waals surface area contributed by atoms with Crippen LogP contribution < -0.4 is 29.6 Å². The van der Waals surface area contributed by atoms with Gasteiger partial charge in [-0.25, -0.2) is 0 Å². The summed E-state index contributed by atoms with van der Waals surface area (Å²) in [7, 11) is 0. The molecule has 1 nitrogen and oxygen atoms in total. The summed E-state index contributed by atoms with van der Waals surface area (Å²) in [6.07, 6.45) is 0.843. The van der Waals surface area contributed by atoms with Gasteiger partial charge in [0.2, 0.25) is 0 Å². The van der Waals surface area contributed by atoms with Crippen molar-refractivity contribution in [2.24, 2.45) is 0 Å². The zero-order chi connectivity index (χ0) is 5.98. The van der Waals surface area contributed by atoms with Crippen LogP contribution in [0.15, 0.2) is 15.9 Å². The average Bonchev–Trinajstić information content (AvgIpc) is 2.14. The molecular weight excluding hydrogens is 222 g/mol. The van der Waals surface area contributed by atoms with E-state index in [-0.39, 0.29) is 38.0 Å². The normalized spacial score (nSPS) is 7.30. The van der Waals surface area contributed by atoms with Crippen molar-refractivity contribution in [3.05, 3.63) is 20.8 Å². The fourth-order valence-electron chi connectivity index (χ4n) is 0.392. The predicted molar refractivity (Wildman–Crippen MR) is 48.7 cm³/mol. The van der Waals surface area contributed by atoms with E-state index in [0.717, 1.165) is 14.9 Å². The summed E-state index contributed by atoms with van der Waals surface area (Å²) < 4.78 is 1.000. The maximum Gasteiger partial charge on any atom is 1.00 e. The molecule has 0 atom stereocenters. The number of hydrogen-bond donors (Lipinski definition) is 0. The van der Waals surface area contributed by atoms with Crippen LogP contribution in [0.4, 0.5) is 0 Å². The van der Waals surface area contributed by atoms with Crippen LogP contribution in [-0.2, 0) is 0 Å². The summed E-state index contributed by atoms with van der Waals surface area (Å²) in [6.45, 7) is 0. The third-order valence-corrected chi connectivity index (χ3v) is 2.26. The van der Waals surface area contributed by atoms with Gasteiger partial charge in [0, 0.05) is 0 Å². The molecule has 0 fully saturated rings.